The number of rotatable bonds is 4. The lowest BCUT2D eigenvalue weighted by Gasteiger charge is -2.16. The van der Waals surface area contributed by atoms with Crippen molar-refractivity contribution in [3.05, 3.63) is 35.5 Å². The van der Waals surface area contributed by atoms with E-state index in [-0.39, 0.29) is 6.10 Å². The minimum absolute atomic E-state index is 0.304. The zero-order valence-electron chi connectivity index (χ0n) is 10.1. The van der Waals surface area contributed by atoms with Crippen LogP contribution in [-0.2, 0) is 6.42 Å². The molecule has 0 aliphatic heterocycles. The third kappa shape index (κ3) is 3.86. The lowest BCUT2D eigenvalue weighted by atomic mass is 9.93. The molecule has 17 heavy (non-hydrogen) atoms. The Hall–Kier alpha value is -1.35. The van der Waals surface area contributed by atoms with Crippen molar-refractivity contribution in [3.8, 4) is 0 Å². The SMILES string of the molecule is Nc1cc(CC(O)CC2=CCCCC2)ccn1. The maximum atomic E-state index is 10.0. The van der Waals surface area contributed by atoms with Crippen LogP contribution >= 0.6 is 0 Å². The van der Waals surface area contributed by atoms with Gasteiger partial charge in [-0.05, 0) is 56.2 Å². The van der Waals surface area contributed by atoms with Gasteiger partial charge in [0.1, 0.15) is 5.82 Å². The van der Waals surface area contributed by atoms with Crippen LogP contribution in [0, 0.1) is 0 Å². The molecule has 1 heterocycles. The van der Waals surface area contributed by atoms with Crippen LogP contribution in [0.5, 0.6) is 0 Å². The monoisotopic (exact) mass is 232 g/mol. The van der Waals surface area contributed by atoms with E-state index in [2.05, 4.69) is 11.1 Å². The first kappa shape index (κ1) is 12.1. The molecule has 0 saturated carbocycles. The molecule has 3 nitrogen and oxygen atoms in total. The van der Waals surface area contributed by atoms with Crippen molar-refractivity contribution in [2.45, 2.75) is 44.6 Å². The molecule has 1 aliphatic rings. The number of aromatic nitrogens is 1. The predicted molar refractivity (Wildman–Crippen MR) is 69.5 cm³/mol. The topological polar surface area (TPSA) is 59.1 Å². The molecule has 0 aromatic carbocycles. The molecule has 92 valence electrons. The average Bonchev–Trinajstić information content (AvgIpc) is 2.30. The quantitative estimate of drug-likeness (QED) is 0.784. The van der Waals surface area contributed by atoms with E-state index in [1.54, 1.807) is 6.20 Å². The molecule has 1 unspecified atom stereocenters. The molecule has 0 fully saturated rings. The highest BCUT2D eigenvalue weighted by molar-refractivity contribution is 5.32. The van der Waals surface area contributed by atoms with Crippen LogP contribution in [0.15, 0.2) is 30.0 Å². The van der Waals surface area contributed by atoms with E-state index in [0.29, 0.717) is 12.2 Å². The molecule has 1 aliphatic carbocycles. The Kier molecular flexibility index (Phi) is 4.15. The summed E-state index contributed by atoms with van der Waals surface area (Å²) in [7, 11) is 0. The number of hydrogen-bond acceptors (Lipinski definition) is 3. The Morgan fingerprint density at radius 1 is 1.35 bits per heavy atom. The number of allylic oxidation sites excluding steroid dienone is 1. The molecule has 3 N–H and O–H groups in total. The number of nitrogen functional groups attached to an aromatic ring is 1. The third-order valence-corrected chi connectivity index (χ3v) is 3.20. The highest BCUT2D eigenvalue weighted by Crippen LogP contribution is 2.22. The third-order valence-electron chi connectivity index (χ3n) is 3.20. The van der Waals surface area contributed by atoms with Crippen LogP contribution in [0.2, 0.25) is 0 Å². The first-order valence-electron chi connectivity index (χ1n) is 6.30. The van der Waals surface area contributed by atoms with Gasteiger partial charge in [0, 0.05) is 6.20 Å². The van der Waals surface area contributed by atoms with Gasteiger partial charge < -0.3 is 10.8 Å². The highest BCUT2D eigenvalue weighted by atomic mass is 16.3. The number of nitrogens with zero attached hydrogens (tertiary/aromatic N) is 1. The van der Waals surface area contributed by atoms with Crippen LogP contribution in [0.3, 0.4) is 0 Å². The Bertz CT molecular complexity index is 401. The standard InChI is InChI=1S/C14H20N2O/c15-14-10-12(6-7-16-14)9-13(17)8-11-4-2-1-3-5-11/h4,6-7,10,13,17H,1-3,5,8-9H2,(H2,15,16). The van der Waals surface area contributed by atoms with Crippen molar-refractivity contribution < 1.29 is 5.11 Å². The minimum Gasteiger partial charge on any atom is -0.392 e. The summed E-state index contributed by atoms with van der Waals surface area (Å²) in [4.78, 5) is 3.95. The van der Waals surface area contributed by atoms with Gasteiger partial charge in [-0.15, -0.1) is 0 Å². The lowest BCUT2D eigenvalue weighted by Crippen LogP contribution is -2.12. The number of aliphatic hydroxyl groups excluding tert-OH is 1. The number of aliphatic hydroxyl groups is 1. The molecule has 3 heteroatoms. The smallest absolute Gasteiger partial charge is 0.123 e. The fourth-order valence-electron chi connectivity index (χ4n) is 2.36. The molecule has 0 spiro atoms. The second kappa shape index (κ2) is 5.82. The first-order valence-corrected chi connectivity index (χ1v) is 6.30. The molecule has 0 amide bonds. The van der Waals surface area contributed by atoms with Crippen LogP contribution < -0.4 is 5.73 Å². The first-order chi connectivity index (χ1) is 8.24. The Labute approximate surface area is 102 Å². The van der Waals surface area contributed by atoms with E-state index in [9.17, 15) is 5.11 Å². The van der Waals surface area contributed by atoms with Gasteiger partial charge in [-0.2, -0.15) is 0 Å². The summed E-state index contributed by atoms with van der Waals surface area (Å²) >= 11 is 0. The summed E-state index contributed by atoms with van der Waals surface area (Å²) in [6, 6.07) is 3.74. The van der Waals surface area contributed by atoms with E-state index in [1.165, 1.54) is 24.8 Å². The van der Waals surface area contributed by atoms with Crippen molar-refractivity contribution in [2.24, 2.45) is 0 Å². The largest absolute Gasteiger partial charge is 0.392 e. The van der Waals surface area contributed by atoms with E-state index in [0.717, 1.165) is 18.4 Å². The Balaban J connectivity index is 1.88. The fourth-order valence-corrected chi connectivity index (χ4v) is 2.36. The van der Waals surface area contributed by atoms with E-state index >= 15 is 0 Å². The number of nitrogens with two attached hydrogens (primary N) is 1. The molecule has 1 atom stereocenters. The summed E-state index contributed by atoms with van der Waals surface area (Å²) in [5.74, 6) is 0.520. The maximum absolute atomic E-state index is 10.0. The van der Waals surface area contributed by atoms with Gasteiger partial charge in [0.05, 0.1) is 6.10 Å². The molecule has 1 aromatic heterocycles. The molecule has 0 saturated heterocycles. The maximum Gasteiger partial charge on any atom is 0.123 e. The summed E-state index contributed by atoms with van der Waals surface area (Å²) in [6.45, 7) is 0. The van der Waals surface area contributed by atoms with Gasteiger partial charge in [-0.3, -0.25) is 0 Å². The zero-order valence-corrected chi connectivity index (χ0v) is 10.1. The van der Waals surface area contributed by atoms with Gasteiger partial charge in [0.25, 0.3) is 0 Å². The summed E-state index contributed by atoms with van der Waals surface area (Å²) in [5, 5.41) is 10.0. The van der Waals surface area contributed by atoms with E-state index in [1.807, 2.05) is 12.1 Å². The number of hydrogen-bond donors (Lipinski definition) is 2. The highest BCUT2D eigenvalue weighted by Gasteiger charge is 2.11. The molecular weight excluding hydrogens is 212 g/mol. The molecular formula is C14H20N2O. The minimum atomic E-state index is -0.304. The Morgan fingerprint density at radius 3 is 2.94 bits per heavy atom. The van der Waals surface area contributed by atoms with E-state index in [4.69, 9.17) is 5.73 Å². The van der Waals surface area contributed by atoms with Crippen molar-refractivity contribution in [1.82, 2.24) is 4.98 Å². The van der Waals surface area contributed by atoms with Gasteiger partial charge in [0.2, 0.25) is 0 Å². The fraction of sp³-hybridized carbons (Fsp3) is 0.500. The Morgan fingerprint density at radius 2 is 2.24 bits per heavy atom. The summed E-state index contributed by atoms with van der Waals surface area (Å²) in [5.41, 5.74) is 8.08. The average molecular weight is 232 g/mol. The second-order valence-corrected chi connectivity index (χ2v) is 4.76. The molecule has 1 aromatic rings. The van der Waals surface area contributed by atoms with Crippen molar-refractivity contribution in [2.75, 3.05) is 5.73 Å². The number of anilines is 1. The molecule has 2 rings (SSSR count). The zero-order chi connectivity index (χ0) is 12.1. The van der Waals surface area contributed by atoms with Crippen molar-refractivity contribution in [3.63, 3.8) is 0 Å². The van der Waals surface area contributed by atoms with Crippen LogP contribution in [0.1, 0.15) is 37.7 Å². The summed E-state index contributed by atoms with van der Waals surface area (Å²) < 4.78 is 0. The summed E-state index contributed by atoms with van der Waals surface area (Å²) in [6.07, 6.45) is 10.00. The van der Waals surface area contributed by atoms with Crippen LogP contribution in [-0.4, -0.2) is 16.2 Å². The van der Waals surface area contributed by atoms with Gasteiger partial charge in [-0.25, -0.2) is 4.98 Å². The number of pyridine rings is 1. The lowest BCUT2D eigenvalue weighted by molar-refractivity contribution is 0.173. The normalized spacial score (nSPS) is 17.6. The molecule has 0 radical (unpaired) electrons. The van der Waals surface area contributed by atoms with Gasteiger partial charge >= 0.3 is 0 Å². The predicted octanol–water partition coefficient (Wildman–Crippen LogP) is 2.46. The molecule has 0 bridgehead atoms. The van der Waals surface area contributed by atoms with Crippen molar-refractivity contribution in [1.29, 1.82) is 0 Å². The van der Waals surface area contributed by atoms with Crippen molar-refractivity contribution >= 4 is 5.82 Å². The van der Waals surface area contributed by atoms with Gasteiger partial charge in [0.15, 0.2) is 0 Å². The van der Waals surface area contributed by atoms with Crippen LogP contribution in [0.4, 0.5) is 5.82 Å². The van der Waals surface area contributed by atoms with Gasteiger partial charge in [-0.1, -0.05) is 11.6 Å². The van der Waals surface area contributed by atoms with Crippen LogP contribution in [0.25, 0.3) is 0 Å². The van der Waals surface area contributed by atoms with E-state index < -0.39 is 0 Å². The second-order valence-electron chi connectivity index (χ2n) is 4.76.